The highest BCUT2D eigenvalue weighted by molar-refractivity contribution is 5.82. The maximum atomic E-state index is 9.11. The van der Waals surface area contributed by atoms with Crippen molar-refractivity contribution in [3.63, 3.8) is 0 Å². The molecule has 1 aromatic carbocycles. The van der Waals surface area contributed by atoms with Crippen molar-refractivity contribution < 1.29 is 5.11 Å². The highest BCUT2D eigenvalue weighted by atomic mass is 16.3. The van der Waals surface area contributed by atoms with Crippen LogP contribution in [0.25, 0.3) is 10.9 Å². The minimum atomic E-state index is 0.189. The van der Waals surface area contributed by atoms with E-state index < -0.39 is 0 Å². The van der Waals surface area contributed by atoms with Gasteiger partial charge in [0.2, 0.25) is 0 Å². The van der Waals surface area contributed by atoms with Gasteiger partial charge in [-0.15, -0.1) is 0 Å². The van der Waals surface area contributed by atoms with Gasteiger partial charge in [-0.2, -0.15) is 0 Å². The topological polar surface area (TPSA) is 48.0 Å². The zero-order chi connectivity index (χ0) is 11.4. The van der Waals surface area contributed by atoms with Crippen molar-refractivity contribution in [2.45, 2.75) is 25.9 Å². The van der Waals surface area contributed by atoms with Gasteiger partial charge < -0.3 is 15.4 Å². The number of hydrogen-bond acceptors (Lipinski definition) is 2. The standard InChI is InChI=1S/C13H18N2O/c1-2-11(9-16)15-8-10-4-3-5-13-12(10)6-7-14-13/h3-7,11,14-16H,2,8-9H2,1H3. The molecular weight excluding hydrogens is 200 g/mol. The van der Waals surface area contributed by atoms with E-state index in [1.54, 1.807) is 0 Å². The lowest BCUT2D eigenvalue weighted by atomic mass is 10.1. The summed E-state index contributed by atoms with van der Waals surface area (Å²) in [6.07, 6.45) is 2.90. The second-order valence-electron chi connectivity index (χ2n) is 4.02. The van der Waals surface area contributed by atoms with Gasteiger partial charge in [0.15, 0.2) is 0 Å². The molecule has 1 atom stereocenters. The van der Waals surface area contributed by atoms with E-state index >= 15 is 0 Å². The number of aromatic nitrogens is 1. The predicted molar refractivity (Wildman–Crippen MR) is 66.3 cm³/mol. The second-order valence-corrected chi connectivity index (χ2v) is 4.02. The summed E-state index contributed by atoms with van der Waals surface area (Å²) in [5.74, 6) is 0. The highest BCUT2D eigenvalue weighted by Gasteiger charge is 2.05. The summed E-state index contributed by atoms with van der Waals surface area (Å²) in [5, 5.41) is 13.7. The zero-order valence-corrected chi connectivity index (χ0v) is 9.53. The van der Waals surface area contributed by atoms with Crippen molar-refractivity contribution in [3.05, 3.63) is 36.0 Å². The largest absolute Gasteiger partial charge is 0.395 e. The number of H-pyrrole nitrogens is 1. The Kier molecular flexibility index (Phi) is 3.59. The molecule has 0 saturated carbocycles. The number of fused-ring (bicyclic) bond motifs is 1. The van der Waals surface area contributed by atoms with E-state index in [-0.39, 0.29) is 12.6 Å². The minimum absolute atomic E-state index is 0.189. The molecule has 0 fully saturated rings. The fraction of sp³-hybridized carbons (Fsp3) is 0.385. The summed E-state index contributed by atoms with van der Waals surface area (Å²) in [4.78, 5) is 3.20. The lowest BCUT2D eigenvalue weighted by Crippen LogP contribution is -2.31. The third kappa shape index (κ3) is 2.26. The van der Waals surface area contributed by atoms with Crippen molar-refractivity contribution in [1.29, 1.82) is 0 Å². The van der Waals surface area contributed by atoms with Crippen molar-refractivity contribution in [3.8, 4) is 0 Å². The number of aliphatic hydroxyl groups is 1. The Morgan fingerprint density at radius 2 is 2.25 bits per heavy atom. The molecule has 2 rings (SSSR count). The van der Waals surface area contributed by atoms with Crippen LogP contribution in [0.5, 0.6) is 0 Å². The minimum Gasteiger partial charge on any atom is -0.395 e. The van der Waals surface area contributed by atoms with E-state index in [2.05, 4.69) is 41.5 Å². The summed E-state index contributed by atoms with van der Waals surface area (Å²) < 4.78 is 0. The van der Waals surface area contributed by atoms with Crippen LogP contribution in [0, 0.1) is 0 Å². The first-order chi connectivity index (χ1) is 7.85. The molecule has 16 heavy (non-hydrogen) atoms. The molecule has 1 heterocycles. The van der Waals surface area contributed by atoms with Gasteiger partial charge in [-0.1, -0.05) is 19.1 Å². The second kappa shape index (κ2) is 5.14. The van der Waals surface area contributed by atoms with Gasteiger partial charge in [-0.3, -0.25) is 0 Å². The highest BCUT2D eigenvalue weighted by Crippen LogP contribution is 2.17. The van der Waals surface area contributed by atoms with E-state index in [0.29, 0.717) is 0 Å². The predicted octanol–water partition coefficient (Wildman–Crippen LogP) is 2.03. The Bertz CT molecular complexity index is 446. The van der Waals surface area contributed by atoms with Crippen LogP contribution in [0.3, 0.4) is 0 Å². The number of hydrogen-bond donors (Lipinski definition) is 3. The number of benzene rings is 1. The molecule has 0 spiro atoms. The van der Waals surface area contributed by atoms with Crippen LogP contribution in [-0.2, 0) is 6.54 Å². The summed E-state index contributed by atoms with van der Waals surface area (Å²) in [6, 6.07) is 8.52. The first-order valence-corrected chi connectivity index (χ1v) is 5.74. The number of nitrogens with one attached hydrogen (secondary N) is 2. The Morgan fingerprint density at radius 3 is 3.00 bits per heavy atom. The molecular formula is C13H18N2O. The summed E-state index contributed by atoms with van der Waals surface area (Å²) in [5.41, 5.74) is 2.43. The molecule has 3 heteroatoms. The molecule has 0 saturated heterocycles. The van der Waals surface area contributed by atoms with Crippen molar-refractivity contribution >= 4 is 10.9 Å². The van der Waals surface area contributed by atoms with Gasteiger partial charge in [0.25, 0.3) is 0 Å². The average Bonchev–Trinajstić information content (AvgIpc) is 2.79. The maximum Gasteiger partial charge on any atom is 0.0584 e. The van der Waals surface area contributed by atoms with Gasteiger partial charge in [0.1, 0.15) is 0 Å². The SMILES string of the molecule is CCC(CO)NCc1cccc2[nH]ccc12. The van der Waals surface area contributed by atoms with Crippen molar-refractivity contribution in [2.24, 2.45) is 0 Å². The Balaban J connectivity index is 2.11. The van der Waals surface area contributed by atoms with Gasteiger partial charge >= 0.3 is 0 Å². The molecule has 3 N–H and O–H groups in total. The smallest absolute Gasteiger partial charge is 0.0584 e. The lowest BCUT2D eigenvalue weighted by Gasteiger charge is -2.14. The van der Waals surface area contributed by atoms with Crippen LogP contribution < -0.4 is 5.32 Å². The average molecular weight is 218 g/mol. The number of aliphatic hydroxyl groups excluding tert-OH is 1. The maximum absolute atomic E-state index is 9.11. The molecule has 0 radical (unpaired) electrons. The Hall–Kier alpha value is -1.32. The van der Waals surface area contributed by atoms with Crippen LogP contribution in [0.2, 0.25) is 0 Å². The van der Waals surface area contributed by atoms with Crippen LogP contribution in [0.15, 0.2) is 30.5 Å². The summed E-state index contributed by atoms with van der Waals surface area (Å²) in [6.45, 7) is 3.07. The molecule has 1 unspecified atom stereocenters. The molecule has 0 amide bonds. The third-order valence-electron chi connectivity index (χ3n) is 2.98. The number of rotatable bonds is 5. The van der Waals surface area contributed by atoms with Gasteiger partial charge in [0.05, 0.1) is 6.61 Å². The first-order valence-electron chi connectivity index (χ1n) is 5.74. The van der Waals surface area contributed by atoms with E-state index in [4.69, 9.17) is 5.11 Å². The quantitative estimate of drug-likeness (QED) is 0.719. The third-order valence-corrected chi connectivity index (χ3v) is 2.98. The van der Waals surface area contributed by atoms with Crippen LogP contribution in [0.1, 0.15) is 18.9 Å². The monoisotopic (exact) mass is 218 g/mol. The molecule has 86 valence electrons. The molecule has 0 bridgehead atoms. The van der Waals surface area contributed by atoms with Crippen LogP contribution in [0.4, 0.5) is 0 Å². The summed E-state index contributed by atoms with van der Waals surface area (Å²) >= 11 is 0. The fourth-order valence-electron chi connectivity index (χ4n) is 1.90. The Labute approximate surface area is 95.5 Å². The summed E-state index contributed by atoms with van der Waals surface area (Å²) in [7, 11) is 0. The fourth-order valence-corrected chi connectivity index (χ4v) is 1.90. The Morgan fingerprint density at radius 1 is 1.38 bits per heavy atom. The van der Waals surface area contributed by atoms with Crippen LogP contribution >= 0.6 is 0 Å². The normalized spacial score (nSPS) is 13.1. The molecule has 0 aliphatic heterocycles. The molecule has 3 nitrogen and oxygen atoms in total. The lowest BCUT2D eigenvalue weighted by molar-refractivity contribution is 0.238. The first kappa shape index (κ1) is 11.2. The van der Waals surface area contributed by atoms with Crippen molar-refractivity contribution in [1.82, 2.24) is 10.3 Å². The van der Waals surface area contributed by atoms with E-state index in [1.807, 2.05) is 6.20 Å². The van der Waals surface area contributed by atoms with E-state index in [1.165, 1.54) is 10.9 Å². The molecule has 1 aromatic heterocycles. The van der Waals surface area contributed by atoms with Gasteiger partial charge in [-0.05, 0) is 24.1 Å². The number of aromatic amines is 1. The molecule has 2 aromatic rings. The van der Waals surface area contributed by atoms with Gasteiger partial charge in [0, 0.05) is 29.7 Å². The van der Waals surface area contributed by atoms with Gasteiger partial charge in [-0.25, -0.2) is 0 Å². The van der Waals surface area contributed by atoms with E-state index in [9.17, 15) is 0 Å². The van der Waals surface area contributed by atoms with Crippen LogP contribution in [-0.4, -0.2) is 22.7 Å². The molecule has 0 aliphatic carbocycles. The zero-order valence-electron chi connectivity index (χ0n) is 9.53. The van der Waals surface area contributed by atoms with E-state index in [0.717, 1.165) is 18.5 Å². The molecule has 0 aliphatic rings. The van der Waals surface area contributed by atoms with Crippen molar-refractivity contribution in [2.75, 3.05) is 6.61 Å².